The summed E-state index contributed by atoms with van der Waals surface area (Å²) in [6.07, 6.45) is 2.17. The van der Waals surface area contributed by atoms with Gasteiger partial charge in [0.25, 0.3) is 0 Å². The van der Waals surface area contributed by atoms with Gasteiger partial charge in [0.15, 0.2) is 0 Å². The molecule has 0 nitrogen and oxygen atoms in total. The molecule has 0 aliphatic heterocycles. The van der Waals surface area contributed by atoms with Crippen molar-refractivity contribution in [1.82, 2.24) is 0 Å². The first-order valence-electron chi connectivity index (χ1n) is 4.18. The van der Waals surface area contributed by atoms with E-state index in [4.69, 9.17) is 0 Å². The van der Waals surface area contributed by atoms with Crippen LogP contribution in [-0.4, -0.2) is 16.5 Å². The summed E-state index contributed by atoms with van der Waals surface area (Å²) in [5.41, 5.74) is 2.54. The van der Waals surface area contributed by atoms with Crippen LogP contribution in [0.5, 0.6) is 0 Å². The SMILES string of the molecule is CC(=C/S)/C=C(\C)c1c[c]([GeH3])cs1. The summed E-state index contributed by atoms with van der Waals surface area (Å²) in [4.78, 5) is 1.39. The third-order valence-corrected chi connectivity index (χ3v) is 5.45. The summed E-state index contributed by atoms with van der Waals surface area (Å²) >= 11 is 6.75. The Hall–Kier alpha value is 0.0729. The third-order valence-electron chi connectivity index (χ3n) is 1.77. The van der Waals surface area contributed by atoms with Gasteiger partial charge < -0.3 is 0 Å². The first kappa shape index (κ1) is 11.1. The van der Waals surface area contributed by atoms with E-state index in [0.29, 0.717) is 0 Å². The van der Waals surface area contributed by atoms with E-state index in [-0.39, 0.29) is 0 Å². The van der Waals surface area contributed by atoms with Crippen molar-refractivity contribution in [2.45, 2.75) is 13.8 Å². The Bertz CT molecular complexity index is 348. The molecular weight excluding hydrogens is 257 g/mol. The van der Waals surface area contributed by atoms with Gasteiger partial charge in [0.05, 0.1) is 0 Å². The molecule has 0 aliphatic rings. The maximum atomic E-state index is 4.11. The molecule has 1 aromatic rings. The van der Waals surface area contributed by atoms with Crippen molar-refractivity contribution in [3.8, 4) is 0 Å². The Kier molecular flexibility index (Phi) is 4.36. The van der Waals surface area contributed by atoms with E-state index in [0.717, 1.165) is 16.5 Å². The molecule has 0 atom stereocenters. The average molecular weight is 271 g/mol. The minimum absolute atomic E-state index is 0.802. The summed E-state index contributed by atoms with van der Waals surface area (Å²) in [6.45, 7) is 4.22. The van der Waals surface area contributed by atoms with Crippen LogP contribution in [0.25, 0.3) is 5.57 Å². The molecule has 0 aliphatic carbocycles. The second-order valence-corrected chi connectivity index (χ2v) is 6.78. The summed E-state index contributed by atoms with van der Waals surface area (Å²) in [5.74, 6) is 0. The second kappa shape index (κ2) is 5.08. The standard InChI is InChI=1S/C10H14GeS2/c1-7(5-12)3-8(2)10-4-9(11)6-13-10/h3-6,12H,1-2,11H3/b7-5-,8-3+. The molecule has 0 unspecified atom stereocenters. The van der Waals surface area contributed by atoms with Gasteiger partial charge in [-0.05, 0) is 0 Å². The Morgan fingerprint density at radius 2 is 2.23 bits per heavy atom. The molecule has 3 heteroatoms. The van der Waals surface area contributed by atoms with Crippen LogP contribution in [0.4, 0.5) is 0 Å². The van der Waals surface area contributed by atoms with Crippen LogP contribution in [0.1, 0.15) is 18.7 Å². The molecule has 1 heterocycles. The van der Waals surface area contributed by atoms with Gasteiger partial charge in [-0.15, -0.1) is 0 Å². The van der Waals surface area contributed by atoms with Crippen molar-refractivity contribution in [3.63, 3.8) is 0 Å². The molecule has 1 rings (SSSR count). The average Bonchev–Trinajstić information content (AvgIpc) is 2.51. The Labute approximate surface area is 97.4 Å². The predicted octanol–water partition coefficient (Wildman–Crippen LogP) is 1.98. The predicted molar refractivity (Wildman–Crippen MR) is 70.3 cm³/mol. The van der Waals surface area contributed by atoms with Crippen LogP contribution < -0.4 is 4.40 Å². The number of thiol groups is 1. The van der Waals surface area contributed by atoms with E-state index < -0.39 is 0 Å². The van der Waals surface area contributed by atoms with E-state index in [1.165, 1.54) is 20.4 Å². The van der Waals surface area contributed by atoms with Crippen LogP contribution in [0.3, 0.4) is 0 Å². The molecule has 0 N–H and O–H groups in total. The monoisotopic (exact) mass is 272 g/mol. The quantitative estimate of drug-likeness (QED) is 0.474. The maximum absolute atomic E-state index is 4.11. The summed E-state index contributed by atoms with van der Waals surface area (Å²) in [7, 11) is 0. The summed E-state index contributed by atoms with van der Waals surface area (Å²) < 4.78 is 1.52. The molecule has 0 spiro atoms. The molecule has 0 saturated heterocycles. The molecule has 0 amide bonds. The van der Waals surface area contributed by atoms with Crippen molar-refractivity contribution >= 4 is 50.4 Å². The van der Waals surface area contributed by atoms with Gasteiger partial charge in [-0.2, -0.15) is 0 Å². The van der Waals surface area contributed by atoms with Gasteiger partial charge in [-0.1, -0.05) is 0 Å². The molecule has 0 radical (unpaired) electrons. The number of allylic oxidation sites excluding steroid dienone is 3. The Balaban J connectivity index is 2.91. The molecule has 1 aromatic heterocycles. The van der Waals surface area contributed by atoms with Gasteiger partial charge in [-0.3, -0.25) is 0 Å². The summed E-state index contributed by atoms with van der Waals surface area (Å²) in [6, 6.07) is 2.29. The van der Waals surface area contributed by atoms with Crippen LogP contribution >= 0.6 is 24.0 Å². The molecule has 0 saturated carbocycles. The van der Waals surface area contributed by atoms with E-state index in [1.807, 2.05) is 16.7 Å². The van der Waals surface area contributed by atoms with E-state index >= 15 is 0 Å². The molecule has 70 valence electrons. The first-order valence-corrected chi connectivity index (χ1v) is 7.67. The number of hydrogen-bond donors (Lipinski definition) is 1. The van der Waals surface area contributed by atoms with E-state index in [2.05, 4.69) is 44.0 Å². The fraction of sp³-hybridized carbons (Fsp3) is 0.200. The number of rotatable bonds is 2. The van der Waals surface area contributed by atoms with Crippen LogP contribution in [0.2, 0.25) is 0 Å². The normalized spacial score (nSPS) is 13.8. The van der Waals surface area contributed by atoms with Gasteiger partial charge in [0.1, 0.15) is 0 Å². The zero-order valence-electron chi connectivity index (χ0n) is 8.16. The van der Waals surface area contributed by atoms with E-state index in [1.54, 1.807) is 0 Å². The van der Waals surface area contributed by atoms with Crippen LogP contribution in [0.15, 0.2) is 28.5 Å². The van der Waals surface area contributed by atoms with Gasteiger partial charge in [-0.25, -0.2) is 0 Å². The molecule has 0 fully saturated rings. The van der Waals surface area contributed by atoms with E-state index in [9.17, 15) is 0 Å². The Morgan fingerprint density at radius 3 is 2.69 bits per heavy atom. The topological polar surface area (TPSA) is 0 Å². The van der Waals surface area contributed by atoms with Crippen molar-refractivity contribution in [1.29, 1.82) is 0 Å². The number of thiophene rings is 1. The van der Waals surface area contributed by atoms with Crippen LogP contribution in [-0.2, 0) is 0 Å². The molecular formula is C10H14GeS2. The third kappa shape index (κ3) is 3.37. The zero-order chi connectivity index (χ0) is 9.84. The van der Waals surface area contributed by atoms with Crippen molar-refractivity contribution in [3.05, 3.63) is 33.4 Å². The molecule has 13 heavy (non-hydrogen) atoms. The van der Waals surface area contributed by atoms with Crippen LogP contribution in [0, 0.1) is 0 Å². The van der Waals surface area contributed by atoms with Gasteiger partial charge >= 0.3 is 97.7 Å². The minimum atomic E-state index is 0.802. The second-order valence-electron chi connectivity index (χ2n) is 3.19. The zero-order valence-corrected chi connectivity index (χ0v) is 14.1. The Morgan fingerprint density at radius 1 is 1.54 bits per heavy atom. The van der Waals surface area contributed by atoms with Gasteiger partial charge in [0.2, 0.25) is 0 Å². The van der Waals surface area contributed by atoms with Crippen molar-refractivity contribution in [2.75, 3.05) is 0 Å². The first-order chi connectivity index (χ1) is 6.13. The summed E-state index contributed by atoms with van der Waals surface area (Å²) in [5, 5.41) is 4.09. The molecule has 0 bridgehead atoms. The van der Waals surface area contributed by atoms with Crippen molar-refractivity contribution in [2.24, 2.45) is 0 Å². The van der Waals surface area contributed by atoms with Gasteiger partial charge in [0, 0.05) is 0 Å². The fourth-order valence-corrected chi connectivity index (χ4v) is 3.83. The fourth-order valence-electron chi connectivity index (χ4n) is 1.09. The molecule has 0 aromatic carbocycles. The van der Waals surface area contributed by atoms with Crippen molar-refractivity contribution < 1.29 is 0 Å². The number of hydrogen-bond acceptors (Lipinski definition) is 2.